The van der Waals surface area contributed by atoms with E-state index in [1.807, 2.05) is 0 Å². The number of nitrogens with one attached hydrogen (secondary N) is 2. The Balaban J connectivity index is 1.81. The van der Waals surface area contributed by atoms with Crippen LogP contribution in [0.1, 0.15) is 25.7 Å². The van der Waals surface area contributed by atoms with E-state index in [4.69, 9.17) is 0 Å². The summed E-state index contributed by atoms with van der Waals surface area (Å²) in [4.78, 5) is 11.6. The monoisotopic (exact) mass is 246 g/mol. The molecule has 6 heteroatoms. The molecule has 0 aliphatic carbocycles. The number of sulfone groups is 1. The molecule has 2 rings (SSSR count). The van der Waals surface area contributed by atoms with Gasteiger partial charge in [-0.25, -0.2) is 8.42 Å². The molecule has 16 heavy (non-hydrogen) atoms. The fourth-order valence-electron chi connectivity index (χ4n) is 2.33. The molecular formula is C10H18N2O3S. The summed E-state index contributed by atoms with van der Waals surface area (Å²) in [6.45, 7) is 1.15. The van der Waals surface area contributed by atoms with E-state index in [-0.39, 0.29) is 29.5 Å². The summed E-state index contributed by atoms with van der Waals surface area (Å²) < 4.78 is 23.1. The van der Waals surface area contributed by atoms with Crippen molar-refractivity contribution in [2.75, 3.05) is 18.8 Å². The van der Waals surface area contributed by atoms with Gasteiger partial charge in [-0.1, -0.05) is 0 Å². The smallest absolute Gasteiger partial charge is 0.237 e. The van der Waals surface area contributed by atoms with Crippen LogP contribution in [0.3, 0.4) is 0 Å². The van der Waals surface area contributed by atoms with E-state index < -0.39 is 9.84 Å². The Kier molecular flexibility index (Phi) is 3.49. The summed E-state index contributed by atoms with van der Waals surface area (Å²) in [6, 6.07) is -0.121. The minimum Gasteiger partial charge on any atom is -0.353 e. The van der Waals surface area contributed by atoms with E-state index in [9.17, 15) is 13.2 Å². The van der Waals surface area contributed by atoms with Crippen LogP contribution in [0.25, 0.3) is 0 Å². The maximum atomic E-state index is 11.6. The van der Waals surface area contributed by atoms with Crippen molar-refractivity contribution in [3.8, 4) is 0 Å². The maximum absolute atomic E-state index is 11.6. The molecule has 2 saturated heterocycles. The second-order valence-corrected chi connectivity index (χ2v) is 6.93. The van der Waals surface area contributed by atoms with Gasteiger partial charge in [0.1, 0.15) is 0 Å². The van der Waals surface area contributed by atoms with Crippen LogP contribution in [-0.4, -0.2) is 44.5 Å². The quantitative estimate of drug-likeness (QED) is 0.699. The predicted octanol–water partition coefficient (Wildman–Crippen LogP) is -0.568. The van der Waals surface area contributed by atoms with E-state index in [2.05, 4.69) is 10.6 Å². The first-order valence-electron chi connectivity index (χ1n) is 5.82. The van der Waals surface area contributed by atoms with Crippen molar-refractivity contribution in [3.63, 3.8) is 0 Å². The Hall–Kier alpha value is -0.620. The first-order chi connectivity index (χ1) is 7.59. The molecule has 2 atom stereocenters. The van der Waals surface area contributed by atoms with E-state index >= 15 is 0 Å². The molecule has 5 nitrogen and oxygen atoms in total. The molecule has 0 saturated carbocycles. The van der Waals surface area contributed by atoms with Crippen molar-refractivity contribution in [3.05, 3.63) is 0 Å². The zero-order chi connectivity index (χ0) is 11.6. The fraction of sp³-hybridized carbons (Fsp3) is 0.900. The highest BCUT2D eigenvalue weighted by Gasteiger charge is 2.32. The number of hydrogen-bond acceptors (Lipinski definition) is 4. The van der Waals surface area contributed by atoms with Crippen LogP contribution < -0.4 is 10.6 Å². The molecule has 0 aromatic heterocycles. The van der Waals surface area contributed by atoms with E-state index in [1.54, 1.807) is 0 Å². The normalized spacial score (nSPS) is 32.8. The van der Waals surface area contributed by atoms with Crippen LogP contribution in [-0.2, 0) is 14.6 Å². The molecule has 0 bridgehead atoms. The lowest BCUT2D eigenvalue weighted by Crippen LogP contribution is -2.44. The average Bonchev–Trinajstić information content (AvgIpc) is 2.83. The van der Waals surface area contributed by atoms with Crippen molar-refractivity contribution in [2.24, 2.45) is 0 Å². The molecule has 2 aliphatic rings. The second-order valence-electron chi connectivity index (χ2n) is 4.53. The van der Waals surface area contributed by atoms with Gasteiger partial charge in [-0.3, -0.25) is 4.79 Å². The summed E-state index contributed by atoms with van der Waals surface area (Å²) in [5.41, 5.74) is 0. The summed E-state index contributed by atoms with van der Waals surface area (Å²) in [7, 11) is -2.94. The number of hydrogen-bond donors (Lipinski definition) is 2. The Bertz CT molecular complexity index is 360. The van der Waals surface area contributed by atoms with Crippen LogP contribution in [0.4, 0.5) is 0 Å². The molecule has 0 aromatic carbocycles. The molecule has 0 spiro atoms. The third-order valence-corrected chi connectivity index (χ3v) is 5.62. The molecule has 0 aromatic rings. The van der Waals surface area contributed by atoms with Gasteiger partial charge in [-0.05, 0) is 32.2 Å². The minimum atomic E-state index is -2.94. The van der Waals surface area contributed by atoms with E-state index in [0.29, 0.717) is 6.42 Å². The maximum Gasteiger partial charge on any atom is 0.237 e. The summed E-state index contributed by atoms with van der Waals surface area (Å²) in [5, 5.41) is 5.47. The molecule has 1 unspecified atom stereocenters. The van der Waals surface area contributed by atoms with E-state index in [0.717, 1.165) is 25.8 Å². The fourth-order valence-corrected chi connectivity index (χ4v) is 4.10. The highest BCUT2D eigenvalue weighted by Crippen LogP contribution is 2.19. The van der Waals surface area contributed by atoms with Gasteiger partial charge < -0.3 is 10.6 Å². The molecule has 2 fully saturated rings. The molecule has 2 heterocycles. The second kappa shape index (κ2) is 4.71. The van der Waals surface area contributed by atoms with Gasteiger partial charge in [-0.2, -0.15) is 0 Å². The number of rotatable bonds is 3. The van der Waals surface area contributed by atoms with Crippen LogP contribution in [0.5, 0.6) is 0 Å². The lowest BCUT2D eigenvalue weighted by atomic mass is 10.2. The first-order valence-corrected chi connectivity index (χ1v) is 7.54. The van der Waals surface area contributed by atoms with Crippen LogP contribution in [0.2, 0.25) is 0 Å². The minimum absolute atomic E-state index is 0.0559. The molecular weight excluding hydrogens is 228 g/mol. The number of amides is 1. The third-order valence-electron chi connectivity index (χ3n) is 3.34. The summed E-state index contributed by atoms with van der Waals surface area (Å²) >= 11 is 0. The molecule has 2 N–H and O–H groups in total. The van der Waals surface area contributed by atoms with Crippen molar-refractivity contribution >= 4 is 15.7 Å². The zero-order valence-electron chi connectivity index (χ0n) is 9.24. The standard InChI is InChI=1S/C10H18N2O3S/c13-10(9-4-1-5-11-9)12-7-8-3-2-6-16(8,14)15/h8-9,11H,1-7H2,(H,12,13)/t8?,9-/m0/s1. The van der Waals surface area contributed by atoms with Crippen LogP contribution >= 0.6 is 0 Å². The molecule has 2 aliphatic heterocycles. The van der Waals surface area contributed by atoms with Crippen molar-refractivity contribution < 1.29 is 13.2 Å². The lowest BCUT2D eigenvalue weighted by Gasteiger charge is -2.14. The van der Waals surface area contributed by atoms with Crippen LogP contribution in [0.15, 0.2) is 0 Å². The van der Waals surface area contributed by atoms with Crippen molar-refractivity contribution in [2.45, 2.75) is 37.0 Å². The zero-order valence-corrected chi connectivity index (χ0v) is 10.1. The van der Waals surface area contributed by atoms with Gasteiger partial charge in [0.25, 0.3) is 0 Å². The Labute approximate surface area is 95.9 Å². The average molecular weight is 246 g/mol. The molecule has 0 radical (unpaired) electrons. The molecule has 92 valence electrons. The third kappa shape index (κ3) is 2.55. The Morgan fingerprint density at radius 3 is 2.69 bits per heavy atom. The topological polar surface area (TPSA) is 75.3 Å². The van der Waals surface area contributed by atoms with Gasteiger partial charge in [0.2, 0.25) is 5.91 Å². The van der Waals surface area contributed by atoms with Gasteiger partial charge in [-0.15, -0.1) is 0 Å². The lowest BCUT2D eigenvalue weighted by molar-refractivity contribution is -0.122. The van der Waals surface area contributed by atoms with Crippen LogP contribution in [0, 0.1) is 0 Å². The van der Waals surface area contributed by atoms with Crippen molar-refractivity contribution in [1.82, 2.24) is 10.6 Å². The number of carbonyl (C=O) groups excluding carboxylic acids is 1. The predicted molar refractivity (Wildman–Crippen MR) is 60.8 cm³/mol. The first kappa shape index (κ1) is 11.9. The highest BCUT2D eigenvalue weighted by atomic mass is 32.2. The largest absolute Gasteiger partial charge is 0.353 e. The Morgan fingerprint density at radius 1 is 1.31 bits per heavy atom. The Morgan fingerprint density at radius 2 is 2.12 bits per heavy atom. The SMILES string of the molecule is O=C(NCC1CCCS1(=O)=O)[C@@H]1CCCN1. The highest BCUT2D eigenvalue weighted by molar-refractivity contribution is 7.92. The van der Waals surface area contributed by atoms with Gasteiger partial charge >= 0.3 is 0 Å². The summed E-state index contributed by atoms with van der Waals surface area (Å²) in [5.74, 6) is 0.217. The number of carbonyl (C=O) groups is 1. The van der Waals surface area contributed by atoms with Gasteiger partial charge in [0, 0.05) is 6.54 Å². The van der Waals surface area contributed by atoms with E-state index in [1.165, 1.54) is 0 Å². The van der Waals surface area contributed by atoms with Crippen molar-refractivity contribution in [1.29, 1.82) is 0 Å². The molecule has 1 amide bonds. The van der Waals surface area contributed by atoms with Gasteiger partial charge in [0.15, 0.2) is 9.84 Å². The summed E-state index contributed by atoms with van der Waals surface area (Å²) in [6.07, 6.45) is 3.27. The van der Waals surface area contributed by atoms with Gasteiger partial charge in [0.05, 0.1) is 17.0 Å².